The summed E-state index contributed by atoms with van der Waals surface area (Å²) in [5, 5.41) is 7.13. The molecular weight excluding hydrogens is 645 g/mol. The van der Waals surface area contributed by atoms with Gasteiger partial charge < -0.3 is 13.7 Å². The molecule has 11 aromatic rings. The summed E-state index contributed by atoms with van der Waals surface area (Å²) in [4.78, 5) is 3.78. The zero-order valence-electron chi connectivity index (χ0n) is 28.6. The first-order chi connectivity index (χ1) is 26.3. The predicted octanol–water partition coefficient (Wildman–Crippen LogP) is 13.2. The van der Waals surface area contributed by atoms with Gasteiger partial charge in [0.25, 0.3) is 0 Å². The van der Waals surface area contributed by atoms with Crippen molar-refractivity contribution in [2.24, 2.45) is 0 Å². The van der Waals surface area contributed by atoms with Crippen molar-refractivity contribution in [2.75, 3.05) is 0 Å². The average molecular weight is 675 g/mol. The molecule has 0 fully saturated rings. The minimum absolute atomic E-state index is 0.645. The van der Waals surface area contributed by atoms with Gasteiger partial charge in [-0.15, -0.1) is 0 Å². The summed E-state index contributed by atoms with van der Waals surface area (Å²) in [6, 6.07) is 65.0. The van der Waals surface area contributed by atoms with Gasteiger partial charge in [-0.2, -0.15) is 0 Å². The highest BCUT2D eigenvalue weighted by Crippen LogP contribution is 2.43. The molecule has 3 aromatic heterocycles. The maximum absolute atomic E-state index is 7.74. The third-order valence-corrected chi connectivity index (χ3v) is 10.8. The van der Waals surface area contributed by atoms with Crippen molar-refractivity contribution in [1.82, 2.24) is 13.7 Å². The highest BCUT2D eigenvalue weighted by atomic mass is 15.0. The molecule has 0 atom stereocenters. The highest BCUT2D eigenvalue weighted by molar-refractivity contribution is 6.26. The Bertz CT molecular complexity index is 3240. The molecule has 4 heteroatoms. The maximum Gasteiger partial charge on any atom is 0.188 e. The lowest BCUT2D eigenvalue weighted by Crippen LogP contribution is -1.96. The van der Waals surface area contributed by atoms with E-state index in [2.05, 4.69) is 188 Å². The predicted molar refractivity (Wildman–Crippen MR) is 221 cm³/mol. The highest BCUT2D eigenvalue weighted by Gasteiger charge is 2.21. The van der Waals surface area contributed by atoms with Crippen molar-refractivity contribution in [1.29, 1.82) is 0 Å². The van der Waals surface area contributed by atoms with Crippen LogP contribution in [0.25, 0.3) is 98.5 Å². The minimum atomic E-state index is 0.645. The van der Waals surface area contributed by atoms with E-state index in [1.807, 2.05) is 12.1 Å². The van der Waals surface area contributed by atoms with Crippen LogP contribution in [0.4, 0.5) is 5.69 Å². The number of fused-ring (bicyclic) bond motifs is 10. The van der Waals surface area contributed by atoms with Gasteiger partial charge >= 0.3 is 0 Å². The van der Waals surface area contributed by atoms with Crippen LogP contribution in [0.2, 0.25) is 0 Å². The summed E-state index contributed by atoms with van der Waals surface area (Å²) in [6.07, 6.45) is 0. The molecule has 0 aliphatic rings. The monoisotopic (exact) mass is 674 g/mol. The summed E-state index contributed by atoms with van der Waals surface area (Å²) in [7, 11) is 0. The Labute approximate surface area is 305 Å². The van der Waals surface area contributed by atoms with Crippen molar-refractivity contribution in [3.05, 3.63) is 193 Å². The number of para-hydroxylation sites is 4. The van der Waals surface area contributed by atoms with Crippen LogP contribution in [-0.2, 0) is 0 Å². The normalized spacial score (nSPS) is 11.8. The van der Waals surface area contributed by atoms with E-state index in [1.165, 1.54) is 32.6 Å². The number of aromatic nitrogens is 3. The summed E-state index contributed by atoms with van der Waals surface area (Å²) >= 11 is 0. The quantitative estimate of drug-likeness (QED) is 0.166. The Kier molecular flexibility index (Phi) is 6.28. The lowest BCUT2D eigenvalue weighted by atomic mass is 10.0. The van der Waals surface area contributed by atoms with Crippen molar-refractivity contribution in [3.8, 4) is 28.2 Å². The van der Waals surface area contributed by atoms with Gasteiger partial charge in [-0.05, 0) is 89.3 Å². The summed E-state index contributed by atoms with van der Waals surface area (Å²) in [5.41, 5.74) is 13.2. The van der Waals surface area contributed by atoms with Gasteiger partial charge in [0.1, 0.15) is 0 Å². The number of hydrogen-bond donors (Lipinski definition) is 0. The molecule has 246 valence electrons. The molecule has 0 aliphatic heterocycles. The Balaban J connectivity index is 1.14. The average Bonchev–Trinajstić information content (AvgIpc) is 3.87. The van der Waals surface area contributed by atoms with Crippen LogP contribution in [0, 0.1) is 6.57 Å². The Morgan fingerprint density at radius 1 is 0.340 bits per heavy atom. The second-order valence-electron chi connectivity index (χ2n) is 13.7. The number of benzene rings is 8. The molecule has 0 aliphatic carbocycles. The Hall–Kier alpha value is -7.35. The molecule has 0 radical (unpaired) electrons. The Morgan fingerprint density at radius 2 is 0.849 bits per heavy atom. The molecule has 0 amide bonds. The van der Waals surface area contributed by atoms with E-state index < -0.39 is 0 Å². The topological polar surface area (TPSA) is 19.1 Å². The van der Waals surface area contributed by atoms with E-state index in [0.29, 0.717) is 5.69 Å². The zero-order valence-corrected chi connectivity index (χ0v) is 28.6. The molecule has 0 N–H and O–H groups in total. The first kappa shape index (κ1) is 29.4. The summed E-state index contributed by atoms with van der Waals surface area (Å²) in [6.45, 7) is 7.74. The fraction of sp³-hybridized carbons (Fsp3) is 0. The van der Waals surface area contributed by atoms with Crippen molar-refractivity contribution >= 4 is 71.1 Å². The van der Waals surface area contributed by atoms with Crippen LogP contribution in [0.15, 0.2) is 182 Å². The lowest BCUT2D eigenvalue weighted by Gasteiger charge is -2.13. The maximum atomic E-state index is 7.74. The minimum Gasteiger partial charge on any atom is -0.309 e. The lowest BCUT2D eigenvalue weighted by molar-refractivity contribution is 1.17. The van der Waals surface area contributed by atoms with Crippen LogP contribution in [0.3, 0.4) is 0 Å². The number of nitrogens with zero attached hydrogens (tertiary/aromatic N) is 4. The van der Waals surface area contributed by atoms with Gasteiger partial charge in [-0.1, -0.05) is 109 Å². The van der Waals surface area contributed by atoms with Crippen LogP contribution in [0.1, 0.15) is 0 Å². The second-order valence-corrected chi connectivity index (χ2v) is 13.7. The zero-order chi connectivity index (χ0) is 35.0. The van der Waals surface area contributed by atoms with Crippen LogP contribution in [-0.4, -0.2) is 13.7 Å². The SMILES string of the molecule is [C-]#[N+]c1ccc2c(c1)c1ccc3c(c4ccccc4n3-c3cccc(-c4cccc(-n5c6ccccc6c6ccccc65)c4)c3)c1n2-c1ccccc1. The molecule has 4 nitrogen and oxygen atoms in total. The van der Waals surface area contributed by atoms with Gasteiger partial charge in [-0.3, -0.25) is 0 Å². The third kappa shape index (κ3) is 4.29. The van der Waals surface area contributed by atoms with Crippen LogP contribution < -0.4 is 0 Å². The fourth-order valence-corrected chi connectivity index (χ4v) is 8.59. The van der Waals surface area contributed by atoms with Gasteiger partial charge in [-0.25, -0.2) is 4.85 Å². The third-order valence-electron chi connectivity index (χ3n) is 10.8. The van der Waals surface area contributed by atoms with Gasteiger partial charge in [0, 0.05) is 44.0 Å². The largest absolute Gasteiger partial charge is 0.309 e. The first-order valence-electron chi connectivity index (χ1n) is 17.9. The van der Waals surface area contributed by atoms with E-state index in [0.717, 1.165) is 61.0 Å². The molecule has 0 unspecified atom stereocenters. The molecule has 0 saturated carbocycles. The molecule has 0 bridgehead atoms. The van der Waals surface area contributed by atoms with Gasteiger partial charge in [0.2, 0.25) is 0 Å². The van der Waals surface area contributed by atoms with Crippen molar-refractivity contribution in [2.45, 2.75) is 0 Å². The van der Waals surface area contributed by atoms with Crippen LogP contribution in [0.5, 0.6) is 0 Å². The molecule has 53 heavy (non-hydrogen) atoms. The molecular formula is C49H30N4. The number of rotatable bonds is 4. The standard InChI is InChI=1S/C49H30N4/c1-50-34-25-27-46-42(31-34)40-26-28-47-48(49(40)53(46)35-15-3-2-4-16-35)41-21-7-10-24-45(41)52(47)37-18-12-14-33(30-37)32-13-11-17-36(29-32)51-43-22-8-5-19-38(43)39-20-6-9-23-44(39)51/h2-31H. The molecule has 8 aromatic carbocycles. The van der Waals surface area contributed by atoms with Crippen molar-refractivity contribution in [3.63, 3.8) is 0 Å². The fourth-order valence-electron chi connectivity index (χ4n) is 8.59. The molecule has 0 spiro atoms. The van der Waals surface area contributed by atoms with Crippen LogP contribution >= 0.6 is 0 Å². The smallest absolute Gasteiger partial charge is 0.188 e. The van der Waals surface area contributed by atoms with E-state index in [1.54, 1.807) is 0 Å². The van der Waals surface area contributed by atoms with Gasteiger partial charge in [0.15, 0.2) is 5.69 Å². The van der Waals surface area contributed by atoms with E-state index in [9.17, 15) is 0 Å². The summed E-state index contributed by atoms with van der Waals surface area (Å²) < 4.78 is 7.15. The second kappa shape index (κ2) is 11.3. The first-order valence-corrected chi connectivity index (χ1v) is 17.9. The number of hydrogen-bond acceptors (Lipinski definition) is 0. The Morgan fingerprint density at radius 3 is 1.49 bits per heavy atom. The molecule has 3 heterocycles. The van der Waals surface area contributed by atoms with E-state index >= 15 is 0 Å². The molecule has 0 saturated heterocycles. The van der Waals surface area contributed by atoms with Gasteiger partial charge in [0.05, 0.1) is 39.7 Å². The summed E-state index contributed by atoms with van der Waals surface area (Å²) in [5.74, 6) is 0. The van der Waals surface area contributed by atoms with E-state index in [4.69, 9.17) is 6.57 Å². The molecule has 11 rings (SSSR count). The van der Waals surface area contributed by atoms with E-state index in [-0.39, 0.29) is 0 Å². The van der Waals surface area contributed by atoms with Crippen molar-refractivity contribution < 1.29 is 0 Å².